The largest absolute Gasteiger partial charge is 0.388 e. The first-order valence-electron chi connectivity index (χ1n) is 5.33. The molecule has 0 amide bonds. The number of oxime groups is 1. The van der Waals surface area contributed by atoms with Crippen molar-refractivity contribution >= 4 is 12.4 Å². The fraction of sp³-hybridized carbons (Fsp3) is 0.308. The van der Waals surface area contributed by atoms with Crippen molar-refractivity contribution in [3.8, 4) is 0 Å². The van der Waals surface area contributed by atoms with Crippen molar-refractivity contribution in [2.45, 2.75) is 26.4 Å². The normalized spacial score (nSPS) is 18.8. The average molecular weight is 218 g/mol. The van der Waals surface area contributed by atoms with Crippen molar-refractivity contribution in [2.75, 3.05) is 0 Å². The van der Waals surface area contributed by atoms with E-state index in [9.17, 15) is 0 Å². The highest BCUT2D eigenvalue weighted by molar-refractivity contribution is 5.72. The minimum atomic E-state index is 0.139. The third-order valence-electron chi connectivity index (χ3n) is 1.50. The molecule has 2 aliphatic rings. The van der Waals surface area contributed by atoms with Crippen molar-refractivity contribution in [1.29, 1.82) is 0 Å². The van der Waals surface area contributed by atoms with E-state index in [0.717, 1.165) is 6.42 Å². The highest BCUT2D eigenvalue weighted by atomic mass is 16.6. The SMILES string of the molecule is C1=CC=CC=NC=1.C=CC1CC=NO1.CC. The molecular weight excluding hydrogens is 200 g/mol. The average Bonchev–Trinajstić information content (AvgIpc) is 2.71. The van der Waals surface area contributed by atoms with Gasteiger partial charge in [0, 0.05) is 18.9 Å². The third kappa shape index (κ3) is 7.54. The number of allylic oxidation sites excluding steroid dienone is 3. The van der Waals surface area contributed by atoms with Gasteiger partial charge in [-0.1, -0.05) is 31.7 Å². The topological polar surface area (TPSA) is 34.0 Å². The summed E-state index contributed by atoms with van der Waals surface area (Å²) in [6.45, 7) is 7.54. The summed E-state index contributed by atoms with van der Waals surface area (Å²) in [5.74, 6) is 0. The minimum Gasteiger partial charge on any atom is -0.388 e. The van der Waals surface area contributed by atoms with Crippen LogP contribution in [0.1, 0.15) is 20.3 Å². The zero-order valence-corrected chi connectivity index (χ0v) is 9.84. The fourth-order valence-corrected chi connectivity index (χ4v) is 0.790. The molecule has 2 rings (SSSR count). The number of nitrogens with zero attached hydrogens (tertiary/aromatic N) is 2. The van der Waals surface area contributed by atoms with Gasteiger partial charge in [0.15, 0.2) is 0 Å². The number of hydrogen-bond acceptors (Lipinski definition) is 3. The molecule has 0 aliphatic carbocycles. The van der Waals surface area contributed by atoms with Gasteiger partial charge in [-0.2, -0.15) is 0 Å². The quantitative estimate of drug-likeness (QED) is 0.491. The van der Waals surface area contributed by atoms with Crippen LogP contribution in [0.15, 0.2) is 53.0 Å². The van der Waals surface area contributed by atoms with Gasteiger partial charge in [0.1, 0.15) is 6.10 Å². The Labute approximate surface area is 97.2 Å². The molecule has 0 N–H and O–H groups in total. The molecule has 3 nitrogen and oxygen atoms in total. The molecule has 0 aromatic rings. The standard InChI is InChI=1S/C6H5N.C5H7NO.C2H6/c1-2-4-6-7-5-3-1;1-2-5-3-4-6-7-5;1-2/h1-3,5-6H;2,4-5H,1,3H2;1-2H3. The lowest BCUT2D eigenvalue weighted by Gasteiger charge is -1.95. The zero-order valence-electron chi connectivity index (χ0n) is 9.84. The summed E-state index contributed by atoms with van der Waals surface area (Å²) in [5, 5.41) is 3.54. The van der Waals surface area contributed by atoms with Gasteiger partial charge in [0.05, 0.1) is 6.20 Å². The highest BCUT2D eigenvalue weighted by Gasteiger charge is 2.05. The first kappa shape index (κ1) is 14.1. The van der Waals surface area contributed by atoms with E-state index in [1.54, 1.807) is 24.7 Å². The molecule has 0 saturated carbocycles. The Bertz CT molecular complexity index is 297. The Morgan fingerprint density at radius 1 is 1.44 bits per heavy atom. The minimum absolute atomic E-state index is 0.139. The van der Waals surface area contributed by atoms with Gasteiger partial charge in [0.2, 0.25) is 0 Å². The van der Waals surface area contributed by atoms with Gasteiger partial charge < -0.3 is 4.84 Å². The number of aliphatic imine (C=N–C) groups is 1. The summed E-state index contributed by atoms with van der Waals surface area (Å²) in [7, 11) is 0. The third-order valence-corrected chi connectivity index (χ3v) is 1.50. The maximum Gasteiger partial charge on any atom is 0.150 e. The molecular formula is C13H18N2O. The Kier molecular flexibility index (Phi) is 9.91. The molecule has 0 fully saturated rings. The second kappa shape index (κ2) is 11.2. The van der Waals surface area contributed by atoms with E-state index in [2.05, 4.69) is 22.5 Å². The van der Waals surface area contributed by atoms with Crippen LogP contribution in [-0.4, -0.2) is 18.5 Å². The van der Waals surface area contributed by atoms with Crippen molar-refractivity contribution < 1.29 is 4.84 Å². The molecule has 1 unspecified atom stereocenters. The van der Waals surface area contributed by atoms with Crippen LogP contribution in [0.25, 0.3) is 0 Å². The first-order valence-corrected chi connectivity index (χ1v) is 5.33. The summed E-state index contributed by atoms with van der Waals surface area (Å²) >= 11 is 0. The van der Waals surface area contributed by atoms with Gasteiger partial charge in [0.25, 0.3) is 0 Å². The van der Waals surface area contributed by atoms with Crippen molar-refractivity contribution in [3.05, 3.63) is 42.8 Å². The Morgan fingerprint density at radius 2 is 2.25 bits per heavy atom. The molecule has 1 atom stereocenters. The molecule has 3 heteroatoms. The smallest absolute Gasteiger partial charge is 0.150 e. The fourth-order valence-electron chi connectivity index (χ4n) is 0.790. The summed E-state index contributed by atoms with van der Waals surface area (Å²) in [6.07, 6.45) is 13.4. The van der Waals surface area contributed by atoms with Crippen LogP contribution in [0.4, 0.5) is 0 Å². The molecule has 0 saturated heterocycles. The molecule has 16 heavy (non-hydrogen) atoms. The first-order chi connectivity index (χ1) is 7.93. The van der Waals surface area contributed by atoms with E-state index in [1.807, 2.05) is 32.1 Å². The summed E-state index contributed by atoms with van der Waals surface area (Å²) < 4.78 is 0. The molecule has 0 aromatic carbocycles. The lowest BCUT2D eigenvalue weighted by molar-refractivity contribution is 0.120. The van der Waals surface area contributed by atoms with E-state index in [0.29, 0.717) is 0 Å². The Hall–Kier alpha value is -1.86. The molecule has 2 aliphatic heterocycles. The molecule has 0 spiro atoms. The van der Waals surface area contributed by atoms with Gasteiger partial charge >= 0.3 is 0 Å². The Balaban J connectivity index is 0.000000244. The molecule has 0 bridgehead atoms. The summed E-state index contributed by atoms with van der Waals surface area (Å²) in [6, 6.07) is 0. The van der Waals surface area contributed by atoms with Crippen LogP contribution in [0.5, 0.6) is 0 Å². The molecule has 2 heterocycles. The van der Waals surface area contributed by atoms with Crippen LogP contribution in [0, 0.1) is 0 Å². The van der Waals surface area contributed by atoms with E-state index < -0.39 is 0 Å². The molecule has 0 radical (unpaired) electrons. The van der Waals surface area contributed by atoms with E-state index in [1.165, 1.54) is 0 Å². The van der Waals surface area contributed by atoms with Gasteiger partial charge in [-0.3, -0.25) is 4.99 Å². The Morgan fingerprint density at radius 3 is 2.81 bits per heavy atom. The lowest BCUT2D eigenvalue weighted by atomic mass is 10.3. The maximum atomic E-state index is 4.75. The van der Waals surface area contributed by atoms with Crippen LogP contribution in [0.2, 0.25) is 0 Å². The van der Waals surface area contributed by atoms with Crippen LogP contribution < -0.4 is 0 Å². The monoisotopic (exact) mass is 218 g/mol. The maximum absolute atomic E-state index is 4.75. The predicted octanol–water partition coefficient (Wildman–Crippen LogP) is 3.27. The highest BCUT2D eigenvalue weighted by Crippen LogP contribution is 2.03. The zero-order chi connectivity index (χ0) is 12.1. The second-order valence-electron chi connectivity index (χ2n) is 2.55. The van der Waals surface area contributed by atoms with Gasteiger partial charge in [-0.25, -0.2) is 0 Å². The summed E-state index contributed by atoms with van der Waals surface area (Å²) in [5.41, 5.74) is 2.81. The number of rotatable bonds is 1. The van der Waals surface area contributed by atoms with E-state index >= 15 is 0 Å². The van der Waals surface area contributed by atoms with Gasteiger partial charge in [-0.05, 0) is 18.2 Å². The van der Waals surface area contributed by atoms with Crippen LogP contribution in [0.3, 0.4) is 0 Å². The van der Waals surface area contributed by atoms with Crippen molar-refractivity contribution in [3.63, 3.8) is 0 Å². The van der Waals surface area contributed by atoms with Crippen LogP contribution >= 0.6 is 0 Å². The van der Waals surface area contributed by atoms with Crippen molar-refractivity contribution in [2.24, 2.45) is 10.1 Å². The lowest BCUT2D eigenvalue weighted by Crippen LogP contribution is -1.97. The van der Waals surface area contributed by atoms with E-state index in [4.69, 9.17) is 4.84 Å². The predicted molar refractivity (Wildman–Crippen MR) is 69.8 cm³/mol. The van der Waals surface area contributed by atoms with Gasteiger partial charge in [-0.15, -0.1) is 5.73 Å². The van der Waals surface area contributed by atoms with Crippen LogP contribution in [-0.2, 0) is 4.84 Å². The van der Waals surface area contributed by atoms with E-state index in [-0.39, 0.29) is 6.10 Å². The second-order valence-corrected chi connectivity index (χ2v) is 2.55. The molecule has 0 aromatic heterocycles. The summed E-state index contributed by atoms with van der Waals surface area (Å²) in [4.78, 5) is 8.55. The molecule has 86 valence electrons. The van der Waals surface area contributed by atoms with Crippen molar-refractivity contribution in [1.82, 2.24) is 0 Å². The number of hydrogen-bond donors (Lipinski definition) is 0.